The Morgan fingerprint density at radius 2 is 0.517 bits per heavy atom. The van der Waals surface area contributed by atoms with E-state index in [0.29, 0.717) is 20.3 Å². The number of nitrogens with zero attached hydrogens (tertiary/aromatic N) is 4. The molecule has 4 saturated heterocycles. The number of Topliss-reactive ketones (excluding diaryl/α,β-unsaturated/α-hetero) is 4. The SMILES string of the molecule is O=C(CCOCC(COCCC(=O)CCC(=O)NCC(=O)ON1C(=O)CCC1=O)(COCCC(=O)CCC(=O)NCC(=O)ON1C(=O)CCC1=O)COCCC(=O)NCC(=O)CCC(=O)ON1C(=O)CCC1=O)CCC(=O)NCC(=O)ON1C(=O)CCC1=O. The van der Waals surface area contributed by atoms with Crippen LogP contribution in [0.3, 0.4) is 0 Å². The zero-order valence-corrected chi connectivity index (χ0v) is 48.3. The highest BCUT2D eigenvalue weighted by molar-refractivity contribution is 6.04. The summed E-state index contributed by atoms with van der Waals surface area (Å²) in [5, 5.41) is 10.2. The number of nitrogens with one attached hydrogen (secondary N) is 4. The van der Waals surface area contributed by atoms with Crippen LogP contribution < -0.4 is 21.3 Å². The second kappa shape index (κ2) is 37.5. The van der Waals surface area contributed by atoms with Gasteiger partial charge >= 0.3 is 23.9 Å². The van der Waals surface area contributed by atoms with Crippen LogP contribution in [0.2, 0.25) is 0 Å². The Balaban J connectivity index is 1.34. The second-order valence-electron chi connectivity index (χ2n) is 20.2. The molecule has 0 bridgehead atoms. The van der Waals surface area contributed by atoms with Gasteiger partial charge in [0.25, 0.3) is 47.3 Å². The van der Waals surface area contributed by atoms with Gasteiger partial charge in [0.05, 0.1) is 71.2 Å². The summed E-state index contributed by atoms with van der Waals surface area (Å²) in [7, 11) is 0. The molecule has 0 unspecified atom stereocenters. The van der Waals surface area contributed by atoms with Crippen LogP contribution >= 0.6 is 0 Å². The number of imide groups is 4. The number of carbonyl (C=O) groups is 20. The van der Waals surface area contributed by atoms with Crippen molar-refractivity contribution in [1.82, 2.24) is 41.5 Å². The first-order chi connectivity index (χ1) is 42.3. The number of hydrogen-bond donors (Lipinski definition) is 4. The van der Waals surface area contributed by atoms with Gasteiger partial charge in [0.2, 0.25) is 23.6 Å². The number of hydroxylamine groups is 8. The maximum atomic E-state index is 12.9. The third-order valence-electron chi connectivity index (χ3n) is 12.8. The lowest BCUT2D eigenvalue weighted by Crippen LogP contribution is -2.42. The van der Waals surface area contributed by atoms with Crippen molar-refractivity contribution in [2.24, 2.45) is 5.41 Å². The highest BCUT2D eigenvalue weighted by Gasteiger charge is 2.37. The van der Waals surface area contributed by atoms with Gasteiger partial charge in [-0.3, -0.25) is 76.7 Å². The maximum Gasteiger partial charge on any atom is 0.352 e. The van der Waals surface area contributed by atoms with Crippen molar-refractivity contribution in [3.05, 3.63) is 0 Å². The minimum absolute atomic E-state index is 0.137. The first-order valence-electron chi connectivity index (χ1n) is 28.0. The molecular weight excluding hydrogens is 1200 g/mol. The van der Waals surface area contributed by atoms with E-state index in [0.717, 1.165) is 0 Å². The van der Waals surface area contributed by atoms with Crippen LogP contribution in [0, 0.1) is 5.41 Å². The Bertz CT molecular complexity index is 2340. The van der Waals surface area contributed by atoms with E-state index in [2.05, 4.69) is 35.8 Å². The zero-order chi connectivity index (χ0) is 65.5. The fraction of sp³-hybridized carbons (Fsp3) is 0.623. The van der Waals surface area contributed by atoms with Gasteiger partial charge < -0.3 is 59.6 Å². The third-order valence-corrected chi connectivity index (χ3v) is 12.8. The highest BCUT2D eigenvalue weighted by Crippen LogP contribution is 2.23. The second-order valence-corrected chi connectivity index (χ2v) is 20.2. The summed E-state index contributed by atoms with van der Waals surface area (Å²) in [5.74, 6) is -15.1. The summed E-state index contributed by atoms with van der Waals surface area (Å²) < 4.78 is 23.6. The highest BCUT2D eigenvalue weighted by atomic mass is 16.7. The third kappa shape index (κ3) is 27.2. The van der Waals surface area contributed by atoms with Crippen molar-refractivity contribution >= 4 is 118 Å². The lowest BCUT2D eigenvalue weighted by molar-refractivity contribution is -0.197. The van der Waals surface area contributed by atoms with Crippen LogP contribution in [0.1, 0.15) is 128 Å². The summed E-state index contributed by atoms with van der Waals surface area (Å²) in [6, 6.07) is 0. The van der Waals surface area contributed by atoms with Gasteiger partial charge in [-0.1, -0.05) is 0 Å². The fourth-order valence-corrected chi connectivity index (χ4v) is 7.84. The Kier molecular flexibility index (Phi) is 30.5. The molecule has 36 heteroatoms. The summed E-state index contributed by atoms with van der Waals surface area (Å²) in [6.07, 6.45) is -5.38. The average molecular weight is 1270 g/mol. The van der Waals surface area contributed by atoms with E-state index in [1.165, 1.54) is 0 Å². The van der Waals surface area contributed by atoms with E-state index < -0.39 is 162 Å². The van der Waals surface area contributed by atoms with Gasteiger partial charge in [-0.15, -0.1) is 20.3 Å². The van der Waals surface area contributed by atoms with Gasteiger partial charge in [-0.25, -0.2) is 19.2 Å². The molecule has 89 heavy (non-hydrogen) atoms. The summed E-state index contributed by atoms with van der Waals surface area (Å²) in [5.41, 5.74) is -1.39. The molecule has 0 atom stereocenters. The van der Waals surface area contributed by atoms with E-state index in [1.54, 1.807) is 0 Å². The lowest BCUT2D eigenvalue weighted by Gasteiger charge is -2.33. The predicted molar refractivity (Wildman–Crippen MR) is 282 cm³/mol. The van der Waals surface area contributed by atoms with Gasteiger partial charge in [0.15, 0.2) is 5.78 Å². The quantitative estimate of drug-likeness (QED) is 0.0333. The van der Waals surface area contributed by atoms with Crippen molar-refractivity contribution in [2.75, 3.05) is 79.0 Å². The zero-order valence-electron chi connectivity index (χ0n) is 48.3. The standard InChI is InChI=1S/C53H68N8O28/c62-33(1-5-37(66)55-26-50(79)87-59-43(72)10-11-44(59)73)17-21-82-29-53(30-83-22-18-34(63)2-6-38(67)56-27-51(80)88-60-45(74)12-13-46(60)75,31-84-23-19-35(64)3-7-39(68)57-28-52(81)89-61-47(76)14-15-48(61)77)32-85-24-20-40(69)54-25-36(65)4-16-49(78)86-58-41(70)8-9-42(58)71/h1-32H2,(H,54,69)(H,55,66)(H,56,67)(H,57,68). The molecule has 4 aliphatic rings. The fourth-order valence-electron chi connectivity index (χ4n) is 7.84. The number of rotatable bonds is 44. The summed E-state index contributed by atoms with van der Waals surface area (Å²) in [4.78, 5) is 262. The molecular formula is C53H68N8O28. The van der Waals surface area contributed by atoms with Crippen LogP contribution in [-0.4, -0.2) is 217 Å². The topological polar surface area (TPSA) is 476 Å². The van der Waals surface area contributed by atoms with Crippen LogP contribution in [0.25, 0.3) is 0 Å². The summed E-state index contributed by atoms with van der Waals surface area (Å²) >= 11 is 0. The molecule has 0 aromatic heterocycles. The average Bonchev–Trinajstić information content (AvgIpc) is 3.66. The molecule has 0 aliphatic carbocycles. The van der Waals surface area contributed by atoms with Crippen LogP contribution in [0.4, 0.5) is 0 Å². The number of hydrogen-bond acceptors (Lipinski definition) is 28. The Morgan fingerprint density at radius 3 is 0.809 bits per heavy atom. The smallest absolute Gasteiger partial charge is 0.352 e. The van der Waals surface area contributed by atoms with Crippen LogP contribution in [0.5, 0.6) is 0 Å². The van der Waals surface area contributed by atoms with Gasteiger partial charge in [0.1, 0.15) is 37.0 Å². The normalized spacial score (nSPS) is 14.9. The molecule has 12 amide bonds. The van der Waals surface area contributed by atoms with Crippen molar-refractivity contribution in [2.45, 2.75) is 128 Å². The number of amides is 12. The van der Waals surface area contributed by atoms with Gasteiger partial charge in [-0.05, 0) is 0 Å². The van der Waals surface area contributed by atoms with Gasteiger partial charge in [0, 0.05) is 122 Å². The summed E-state index contributed by atoms with van der Waals surface area (Å²) in [6.45, 7) is -5.24. The molecule has 4 heterocycles. The molecule has 4 N–H and O–H groups in total. The van der Waals surface area contributed by atoms with E-state index in [-0.39, 0.29) is 168 Å². The van der Waals surface area contributed by atoms with Crippen molar-refractivity contribution in [3.63, 3.8) is 0 Å². The molecule has 4 aliphatic heterocycles. The molecule has 0 aromatic rings. The monoisotopic (exact) mass is 1260 g/mol. The number of ketones is 4. The van der Waals surface area contributed by atoms with E-state index >= 15 is 0 Å². The lowest BCUT2D eigenvalue weighted by atomic mass is 9.92. The molecule has 4 fully saturated rings. The van der Waals surface area contributed by atoms with E-state index in [4.69, 9.17) is 23.8 Å². The number of ether oxygens (including phenoxy) is 4. The molecule has 0 saturated carbocycles. The Morgan fingerprint density at radius 1 is 0.281 bits per heavy atom. The minimum atomic E-state index is -1.39. The van der Waals surface area contributed by atoms with Crippen molar-refractivity contribution < 1.29 is 134 Å². The van der Waals surface area contributed by atoms with Crippen LogP contribution in [0.15, 0.2) is 0 Å². The van der Waals surface area contributed by atoms with Crippen LogP contribution in [-0.2, 0) is 134 Å². The molecule has 0 aromatic carbocycles. The molecule has 36 nitrogen and oxygen atoms in total. The maximum absolute atomic E-state index is 12.9. The number of carbonyl (C=O) groups excluding carboxylic acids is 20. The van der Waals surface area contributed by atoms with Crippen molar-refractivity contribution in [1.29, 1.82) is 0 Å². The van der Waals surface area contributed by atoms with E-state index in [9.17, 15) is 95.9 Å². The molecule has 0 radical (unpaired) electrons. The first kappa shape index (κ1) is 72.3. The predicted octanol–water partition coefficient (Wildman–Crippen LogP) is -4.11. The molecule has 4 rings (SSSR count). The Labute approximate surface area is 505 Å². The molecule has 0 spiro atoms. The van der Waals surface area contributed by atoms with E-state index in [1.807, 2.05) is 0 Å². The molecule has 488 valence electrons. The van der Waals surface area contributed by atoms with Gasteiger partial charge in [-0.2, -0.15) is 0 Å². The van der Waals surface area contributed by atoms with Crippen molar-refractivity contribution in [3.8, 4) is 0 Å². The first-order valence-corrected chi connectivity index (χ1v) is 28.0. The largest absolute Gasteiger partial charge is 0.380 e. The Hall–Kier alpha value is -9.16. The minimum Gasteiger partial charge on any atom is -0.380 e.